The Morgan fingerprint density at radius 2 is 1.76 bits per heavy atom. The van der Waals surface area contributed by atoms with Gasteiger partial charge in [-0.1, -0.05) is 18.2 Å². The molecule has 0 spiro atoms. The minimum absolute atomic E-state index is 0.280. The van der Waals surface area contributed by atoms with Crippen LogP contribution in [-0.2, 0) is 0 Å². The maximum atomic E-state index is 5.15. The van der Waals surface area contributed by atoms with Gasteiger partial charge in [0.05, 0.1) is 28.8 Å². The van der Waals surface area contributed by atoms with Crippen molar-refractivity contribution in [3.8, 4) is 0 Å². The van der Waals surface area contributed by atoms with Gasteiger partial charge in [-0.2, -0.15) is 0 Å². The highest BCUT2D eigenvalue weighted by atomic mass is 15.2. The van der Waals surface area contributed by atoms with Crippen molar-refractivity contribution < 1.29 is 0 Å². The lowest BCUT2D eigenvalue weighted by Crippen LogP contribution is -2.36. The molecule has 3 aromatic rings. The normalized spacial score (nSPS) is 24.2. The lowest BCUT2D eigenvalue weighted by molar-refractivity contribution is 0.215. The summed E-state index contributed by atoms with van der Waals surface area (Å²) < 4.78 is 2.56. The Bertz CT molecular complexity index is 986. The van der Waals surface area contributed by atoms with E-state index in [1.165, 1.54) is 41.9 Å². The highest BCUT2D eigenvalue weighted by molar-refractivity contribution is 5.76. The molecule has 2 aliphatic heterocycles. The van der Waals surface area contributed by atoms with E-state index in [9.17, 15) is 0 Å². The number of pyridine rings is 1. The molecule has 0 saturated carbocycles. The van der Waals surface area contributed by atoms with Crippen LogP contribution in [0.2, 0.25) is 0 Å². The van der Waals surface area contributed by atoms with Crippen LogP contribution in [0, 0.1) is 6.92 Å². The third-order valence-corrected chi connectivity index (χ3v) is 6.76. The Morgan fingerprint density at radius 1 is 0.966 bits per heavy atom. The molecule has 0 radical (unpaired) electrons. The van der Waals surface area contributed by atoms with Gasteiger partial charge in [0, 0.05) is 12.2 Å². The van der Waals surface area contributed by atoms with Crippen molar-refractivity contribution in [1.82, 2.24) is 24.8 Å². The van der Waals surface area contributed by atoms with Crippen molar-refractivity contribution in [3.05, 3.63) is 59.7 Å². The zero-order valence-corrected chi connectivity index (χ0v) is 17.5. The van der Waals surface area contributed by atoms with Gasteiger partial charge in [-0.15, -0.1) is 0 Å². The molecule has 1 N–H and O–H groups in total. The average Bonchev–Trinajstić information content (AvgIpc) is 3.14. The van der Waals surface area contributed by atoms with E-state index >= 15 is 0 Å². The fourth-order valence-electron chi connectivity index (χ4n) is 5.16. The summed E-state index contributed by atoms with van der Waals surface area (Å²) in [6.45, 7) is 4.48. The maximum absolute atomic E-state index is 5.15. The van der Waals surface area contributed by atoms with E-state index in [2.05, 4.69) is 59.1 Å². The van der Waals surface area contributed by atoms with Gasteiger partial charge in [0.1, 0.15) is 5.82 Å². The first kappa shape index (κ1) is 18.8. The number of rotatable bonds is 3. The molecule has 2 unspecified atom stereocenters. The summed E-state index contributed by atoms with van der Waals surface area (Å²) in [6.07, 6.45) is 7.79. The maximum Gasteiger partial charge on any atom is 0.127 e. The van der Waals surface area contributed by atoms with Gasteiger partial charge in [-0.25, -0.2) is 4.98 Å². The molecule has 2 saturated heterocycles. The molecule has 2 aliphatic rings. The molecular weight excluding hydrogens is 358 g/mol. The summed E-state index contributed by atoms with van der Waals surface area (Å²) in [6, 6.07) is 14.0. The summed E-state index contributed by atoms with van der Waals surface area (Å²) in [5.41, 5.74) is 4.88. The van der Waals surface area contributed by atoms with E-state index in [0.29, 0.717) is 12.1 Å². The first-order valence-corrected chi connectivity index (χ1v) is 11.0. The van der Waals surface area contributed by atoms with Crippen LogP contribution in [0.3, 0.4) is 0 Å². The molecule has 5 nitrogen and oxygen atoms in total. The number of likely N-dealkylation sites (tertiary alicyclic amines) is 1. The van der Waals surface area contributed by atoms with E-state index in [0.717, 1.165) is 31.4 Å². The van der Waals surface area contributed by atoms with Crippen LogP contribution < -0.4 is 5.32 Å². The molecule has 2 atom stereocenters. The van der Waals surface area contributed by atoms with Crippen molar-refractivity contribution >= 4 is 11.0 Å². The van der Waals surface area contributed by atoms with Gasteiger partial charge in [0.2, 0.25) is 0 Å². The summed E-state index contributed by atoms with van der Waals surface area (Å²) >= 11 is 0. The van der Waals surface area contributed by atoms with E-state index in [4.69, 9.17) is 9.97 Å². The summed E-state index contributed by atoms with van der Waals surface area (Å²) in [5.74, 6) is 1.22. The van der Waals surface area contributed by atoms with Gasteiger partial charge in [0.25, 0.3) is 0 Å². The first-order valence-electron chi connectivity index (χ1n) is 11.0. The topological polar surface area (TPSA) is 46.0 Å². The van der Waals surface area contributed by atoms with Crippen molar-refractivity contribution in [2.45, 2.75) is 57.2 Å². The molecule has 0 bridgehead atoms. The number of benzene rings is 1. The Kier molecular flexibility index (Phi) is 5.10. The Morgan fingerprint density at radius 3 is 2.59 bits per heavy atom. The lowest BCUT2D eigenvalue weighted by Gasteiger charge is -2.35. The predicted octanol–water partition coefficient (Wildman–Crippen LogP) is 4.56. The largest absolute Gasteiger partial charge is 0.323 e. The van der Waals surface area contributed by atoms with Gasteiger partial charge in [-0.05, 0) is 82.9 Å². The molecule has 29 heavy (non-hydrogen) atoms. The van der Waals surface area contributed by atoms with Crippen LogP contribution in [0.1, 0.15) is 67.3 Å². The molecule has 152 valence electrons. The minimum atomic E-state index is 0.280. The number of nitrogens with zero attached hydrogens (tertiary/aromatic N) is 4. The molecule has 2 aromatic heterocycles. The third-order valence-electron chi connectivity index (χ3n) is 6.76. The highest BCUT2D eigenvalue weighted by Gasteiger charge is 2.31. The molecule has 0 aliphatic carbocycles. The number of imidazole rings is 1. The van der Waals surface area contributed by atoms with Crippen molar-refractivity contribution in [2.24, 2.45) is 0 Å². The van der Waals surface area contributed by atoms with Crippen LogP contribution in [0.15, 0.2) is 42.6 Å². The van der Waals surface area contributed by atoms with Crippen LogP contribution in [0.4, 0.5) is 0 Å². The SMILES string of the molecule is Cc1cccnc1C1CCCC(c2nc3ccccc3n2C2CCN(C)CC2)N1. The Balaban J connectivity index is 1.51. The summed E-state index contributed by atoms with van der Waals surface area (Å²) in [5, 5.41) is 3.92. The van der Waals surface area contributed by atoms with Crippen LogP contribution in [0.25, 0.3) is 11.0 Å². The van der Waals surface area contributed by atoms with Crippen molar-refractivity contribution in [1.29, 1.82) is 0 Å². The van der Waals surface area contributed by atoms with E-state index in [-0.39, 0.29) is 6.04 Å². The van der Waals surface area contributed by atoms with Crippen LogP contribution in [0.5, 0.6) is 0 Å². The number of aromatic nitrogens is 3. The predicted molar refractivity (Wildman–Crippen MR) is 117 cm³/mol. The second-order valence-corrected chi connectivity index (χ2v) is 8.77. The fourth-order valence-corrected chi connectivity index (χ4v) is 5.16. The molecule has 4 heterocycles. The number of aryl methyl sites for hydroxylation is 1. The summed E-state index contributed by atoms with van der Waals surface area (Å²) in [4.78, 5) is 12.3. The van der Waals surface area contributed by atoms with Gasteiger partial charge >= 0.3 is 0 Å². The minimum Gasteiger partial charge on any atom is -0.323 e. The number of hydrogen-bond acceptors (Lipinski definition) is 4. The zero-order valence-electron chi connectivity index (χ0n) is 17.5. The quantitative estimate of drug-likeness (QED) is 0.713. The van der Waals surface area contributed by atoms with Gasteiger partial charge in [0.15, 0.2) is 0 Å². The number of fused-ring (bicyclic) bond motifs is 1. The first-order chi connectivity index (χ1) is 14.2. The van der Waals surface area contributed by atoms with Crippen LogP contribution >= 0.6 is 0 Å². The lowest BCUT2D eigenvalue weighted by atomic mass is 9.93. The number of hydrogen-bond donors (Lipinski definition) is 1. The number of piperidine rings is 2. The second kappa shape index (κ2) is 7.88. The van der Waals surface area contributed by atoms with Gasteiger partial charge < -0.3 is 9.47 Å². The van der Waals surface area contributed by atoms with E-state index < -0.39 is 0 Å². The van der Waals surface area contributed by atoms with E-state index in [1.54, 1.807) is 0 Å². The average molecular weight is 390 g/mol. The third kappa shape index (κ3) is 3.58. The van der Waals surface area contributed by atoms with E-state index in [1.807, 2.05) is 12.3 Å². The second-order valence-electron chi connectivity index (χ2n) is 8.77. The molecular formula is C24H31N5. The van der Waals surface area contributed by atoms with Crippen LogP contribution in [-0.4, -0.2) is 39.6 Å². The van der Waals surface area contributed by atoms with Crippen molar-refractivity contribution in [3.63, 3.8) is 0 Å². The standard InChI is InChI=1S/C24H31N5/c1-17-7-6-14-25-23(17)20-9-5-10-21(26-20)24-27-19-8-3-4-11-22(19)29(24)18-12-15-28(2)16-13-18/h3-4,6-8,11,14,18,20-21,26H,5,9-10,12-13,15-16H2,1-2H3. The zero-order chi connectivity index (χ0) is 19.8. The Hall–Kier alpha value is -2.24. The number of nitrogens with one attached hydrogen (secondary N) is 1. The monoisotopic (exact) mass is 389 g/mol. The number of para-hydroxylation sites is 2. The Labute approximate surface area is 173 Å². The van der Waals surface area contributed by atoms with Gasteiger partial charge in [-0.3, -0.25) is 10.3 Å². The molecule has 0 amide bonds. The molecule has 5 heteroatoms. The summed E-state index contributed by atoms with van der Waals surface area (Å²) in [7, 11) is 2.23. The van der Waals surface area contributed by atoms with Crippen molar-refractivity contribution in [2.75, 3.05) is 20.1 Å². The molecule has 2 fully saturated rings. The smallest absolute Gasteiger partial charge is 0.127 e. The molecule has 1 aromatic carbocycles. The fraction of sp³-hybridized carbons (Fsp3) is 0.500. The highest BCUT2D eigenvalue weighted by Crippen LogP contribution is 2.37. The molecule has 5 rings (SSSR count).